The van der Waals surface area contributed by atoms with Gasteiger partial charge in [-0.3, -0.25) is 0 Å². The summed E-state index contributed by atoms with van der Waals surface area (Å²) in [5.74, 6) is 0. The van der Waals surface area contributed by atoms with Crippen LogP contribution < -0.4 is 22.1 Å². The lowest BCUT2D eigenvalue weighted by atomic mass is 9.81. The number of piperidine rings is 2. The Labute approximate surface area is 213 Å². The Morgan fingerprint density at radius 3 is 0.882 bits per heavy atom. The van der Waals surface area contributed by atoms with Crippen LogP contribution >= 0.6 is 0 Å². The summed E-state index contributed by atoms with van der Waals surface area (Å²) in [6.07, 6.45) is 1.72. The number of nitrogens with one attached hydrogen (secondary N) is 2. The van der Waals surface area contributed by atoms with Crippen molar-refractivity contribution in [3.63, 3.8) is 0 Å². The van der Waals surface area contributed by atoms with Crippen LogP contribution in [0.3, 0.4) is 0 Å². The first-order valence-electron chi connectivity index (χ1n) is 9.91. The van der Waals surface area contributed by atoms with Crippen molar-refractivity contribution >= 4 is 12.2 Å². The van der Waals surface area contributed by atoms with Crippen molar-refractivity contribution in [2.45, 2.75) is 160 Å². The summed E-state index contributed by atoms with van der Waals surface area (Å²) in [6.45, 7) is 16.8. The van der Waals surface area contributed by atoms with E-state index < -0.39 is 12.2 Å². The first-order chi connectivity index (χ1) is 12.4. The Morgan fingerprint density at radius 1 is 0.559 bits per heavy atom. The van der Waals surface area contributed by atoms with Crippen molar-refractivity contribution in [1.82, 2.24) is 10.6 Å². The topological polar surface area (TPSA) is 129 Å². The molecular weight excluding hydrogens is 432 g/mol. The number of nitrogens with two attached hydrogens (primary N) is 2. The van der Waals surface area contributed by atoms with Gasteiger partial charge < -0.3 is 31.6 Å². The first-order valence-corrected chi connectivity index (χ1v) is 9.91. The first kappa shape index (κ1) is 45.9. The third-order valence-corrected chi connectivity index (χ3v) is 4.87. The minimum absolute atomic E-state index is 0. The van der Waals surface area contributed by atoms with Crippen LogP contribution in [0.25, 0.3) is 0 Å². The van der Waals surface area contributed by atoms with E-state index in [2.05, 4.69) is 66.0 Å². The molecule has 8 heteroatoms. The fourth-order valence-corrected chi connectivity index (χ4v) is 4.95. The van der Waals surface area contributed by atoms with Gasteiger partial charge in [-0.1, -0.05) is 44.6 Å². The Hall–Kier alpha value is -1.54. The third-order valence-electron chi connectivity index (χ3n) is 4.87. The van der Waals surface area contributed by atoms with Crippen LogP contribution in [0, 0.1) is 0 Å². The van der Waals surface area contributed by atoms with Crippen LogP contribution in [0.4, 0.5) is 9.59 Å². The molecule has 2 saturated heterocycles. The third kappa shape index (κ3) is 17.9. The number of carbonyl (C=O) groups is 2. The summed E-state index contributed by atoms with van der Waals surface area (Å²) in [7, 11) is 0. The molecule has 212 valence electrons. The molecule has 2 rings (SSSR count). The van der Waals surface area contributed by atoms with Gasteiger partial charge in [0, 0.05) is 47.8 Å². The number of ether oxygens (including phenoxy) is 2. The van der Waals surface area contributed by atoms with Gasteiger partial charge >= 0.3 is 12.2 Å². The molecule has 0 bridgehead atoms. The summed E-state index contributed by atoms with van der Waals surface area (Å²) in [5.41, 5.74) is 9.99. The maximum Gasteiger partial charge on any atom is 0.404 e. The predicted molar refractivity (Wildman–Crippen MR) is 150 cm³/mol. The molecule has 0 saturated carbocycles. The van der Waals surface area contributed by atoms with E-state index in [0.717, 1.165) is 25.7 Å². The number of hydrogen-bond acceptors (Lipinski definition) is 6. The lowest BCUT2D eigenvalue weighted by Crippen LogP contribution is -2.59. The van der Waals surface area contributed by atoms with E-state index in [1.807, 2.05) is 0 Å². The number of carbonyl (C=O) groups excluding carboxylic acids is 2. The van der Waals surface area contributed by atoms with Crippen molar-refractivity contribution in [3.05, 3.63) is 0 Å². The van der Waals surface area contributed by atoms with E-state index in [0.29, 0.717) is 0 Å². The smallest absolute Gasteiger partial charge is 0.404 e. The van der Waals surface area contributed by atoms with Gasteiger partial charge in [0.2, 0.25) is 0 Å². The molecule has 0 unspecified atom stereocenters. The van der Waals surface area contributed by atoms with Crippen LogP contribution in [0.15, 0.2) is 0 Å². The Kier molecular flexibility index (Phi) is 21.9. The monoisotopic (exact) mass is 496 g/mol. The molecule has 0 aliphatic carbocycles. The number of amides is 2. The molecule has 0 radical (unpaired) electrons. The molecule has 0 aromatic carbocycles. The molecule has 0 atom stereocenters. The molecule has 8 nitrogen and oxygen atoms in total. The fourth-order valence-electron chi connectivity index (χ4n) is 4.95. The van der Waals surface area contributed by atoms with Crippen LogP contribution in [-0.2, 0) is 9.47 Å². The highest BCUT2D eigenvalue weighted by atomic mass is 16.6. The molecule has 2 aliphatic rings. The minimum Gasteiger partial charge on any atom is -0.446 e. The molecular formula is C26H64N4O4. The van der Waals surface area contributed by atoms with E-state index in [1.165, 1.54) is 0 Å². The van der Waals surface area contributed by atoms with E-state index in [-0.39, 0.29) is 78.9 Å². The lowest BCUT2D eigenvalue weighted by molar-refractivity contribution is 0.0224. The number of primary amides is 2. The molecule has 6 N–H and O–H groups in total. The van der Waals surface area contributed by atoms with Gasteiger partial charge in [-0.15, -0.1) is 0 Å². The number of rotatable bonds is 2. The zero-order valence-electron chi connectivity index (χ0n) is 18.8. The van der Waals surface area contributed by atoms with E-state index in [4.69, 9.17) is 20.9 Å². The van der Waals surface area contributed by atoms with Gasteiger partial charge in [0.25, 0.3) is 0 Å². The highest BCUT2D eigenvalue weighted by molar-refractivity contribution is 5.65. The van der Waals surface area contributed by atoms with Crippen molar-refractivity contribution < 1.29 is 19.1 Å². The highest BCUT2D eigenvalue weighted by Crippen LogP contribution is 2.31. The fraction of sp³-hybridized carbons (Fsp3) is 0.923. The average molecular weight is 497 g/mol. The highest BCUT2D eigenvalue weighted by Gasteiger charge is 2.40. The molecule has 2 aliphatic heterocycles. The predicted octanol–water partition coefficient (Wildman–Crippen LogP) is 6.60. The second-order valence-electron chi connectivity index (χ2n) is 10.7. The van der Waals surface area contributed by atoms with E-state index in [1.54, 1.807) is 0 Å². The largest absolute Gasteiger partial charge is 0.446 e. The molecule has 0 spiro atoms. The SMILES string of the molecule is C.C.C.C.C.C.CC1(C)CC(OC(N)=O)CC(C)(C)N1.CC1(C)CC(OC(N)=O)CC(C)(C)N1. The van der Waals surface area contributed by atoms with E-state index in [9.17, 15) is 9.59 Å². The second-order valence-corrected chi connectivity index (χ2v) is 10.7. The molecule has 2 heterocycles. The van der Waals surface area contributed by atoms with Gasteiger partial charge in [0.1, 0.15) is 12.2 Å². The average Bonchev–Trinajstić information content (AvgIpc) is 2.28. The van der Waals surface area contributed by atoms with Gasteiger partial charge in [-0.25, -0.2) is 9.59 Å². The van der Waals surface area contributed by atoms with Crippen molar-refractivity contribution in [2.75, 3.05) is 0 Å². The molecule has 34 heavy (non-hydrogen) atoms. The van der Waals surface area contributed by atoms with Crippen molar-refractivity contribution in [3.8, 4) is 0 Å². The summed E-state index contributed by atoms with van der Waals surface area (Å²) in [6, 6.07) is 0. The Morgan fingerprint density at radius 2 is 0.735 bits per heavy atom. The molecule has 0 aromatic heterocycles. The van der Waals surface area contributed by atoms with Crippen LogP contribution in [0.2, 0.25) is 0 Å². The van der Waals surface area contributed by atoms with Gasteiger partial charge in [-0.2, -0.15) is 0 Å². The summed E-state index contributed by atoms with van der Waals surface area (Å²) >= 11 is 0. The van der Waals surface area contributed by atoms with Crippen LogP contribution in [0.5, 0.6) is 0 Å². The van der Waals surface area contributed by atoms with Gasteiger partial charge in [0.05, 0.1) is 0 Å². The Balaban J connectivity index is -0.0000000980. The van der Waals surface area contributed by atoms with E-state index >= 15 is 0 Å². The standard InChI is InChI=1S/2C10H20N2O2.6CH4/c2*1-9(2)5-7(14-8(11)13)6-10(3,4)12-9;;;;;;/h2*7,12H,5-6H2,1-4H3,(H2,11,13);6*1H4. The summed E-state index contributed by atoms with van der Waals surface area (Å²) in [5, 5.41) is 7.01. The second kappa shape index (κ2) is 16.2. The quantitative estimate of drug-likeness (QED) is 0.341. The number of hydrogen-bond donors (Lipinski definition) is 4. The maximum absolute atomic E-state index is 10.7. The molecule has 2 fully saturated rings. The van der Waals surface area contributed by atoms with Crippen LogP contribution in [-0.4, -0.2) is 46.6 Å². The summed E-state index contributed by atoms with van der Waals surface area (Å²) < 4.78 is 10.1. The van der Waals surface area contributed by atoms with Gasteiger partial charge in [0.15, 0.2) is 0 Å². The van der Waals surface area contributed by atoms with Crippen molar-refractivity contribution in [1.29, 1.82) is 0 Å². The summed E-state index contributed by atoms with van der Waals surface area (Å²) in [4.78, 5) is 21.3. The Bertz CT molecular complexity index is 493. The minimum atomic E-state index is -0.677. The van der Waals surface area contributed by atoms with Gasteiger partial charge in [-0.05, 0) is 55.4 Å². The zero-order valence-corrected chi connectivity index (χ0v) is 18.8. The molecule has 0 aromatic rings. The maximum atomic E-state index is 10.7. The lowest BCUT2D eigenvalue weighted by Gasteiger charge is -2.45. The van der Waals surface area contributed by atoms with Crippen LogP contribution in [0.1, 0.15) is 126 Å². The molecule has 2 amide bonds. The van der Waals surface area contributed by atoms with Crippen molar-refractivity contribution in [2.24, 2.45) is 11.5 Å². The normalized spacial score (nSPS) is 21.2. The zero-order chi connectivity index (χ0) is 22.0.